The first kappa shape index (κ1) is 23.5. The van der Waals surface area contributed by atoms with Crippen molar-refractivity contribution in [1.82, 2.24) is 9.21 Å². The number of aryl methyl sites for hydroxylation is 2. The molecule has 31 heavy (non-hydrogen) atoms. The SMILES string of the molecule is COc1cc(Cl)c(C)cc1NC(=O)C(C)N1CCN(S(=O)(=O)c2ccc(C)cc2)CC1. The van der Waals surface area contributed by atoms with Crippen molar-refractivity contribution in [2.75, 3.05) is 38.6 Å². The van der Waals surface area contributed by atoms with E-state index in [1.807, 2.05) is 25.7 Å². The van der Waals surface area contributed by atoms with Gasteiger partial charge < -0.3 is 10.1 Å². The number of anilines is 1. The number of sulfonamides is 1. The summed E-state index contributed by atoms with van der Waals surface area (Å²) >= 11 is 6.13. The van der Waals surface area contributed by atoms with Crippen LogP contribution < -0.4 is 10.1 Å². The minimum Gasteiger partial charge on any atom is -0.495 e. The lowest BCUT2D eigenvalue weighted by atomic mass is 10.1. The lowest BCUT2D eigenvalue weighted by Crippen LogP contribution is -2.53. The number of halogens is 1. The van der Waals surface area contributed by atoms with Crippen LogP contribution in [0, 0.1) is 13.8 Å². The van der Waals surface area contributed by atoms with Gasteiger partial charge in [-0.15, -0.1) is 0 Å². The van der Waals surface area contributed by atoms with Crippen molar-refractivity contribution in [3.8, 4) is 5.75 Å². The molecule has 9 heteroatoms. The second-order valence-corrected chi connectivity index (χ2v) is 10.1. The van der Waals surface area contributed by atoms with Crippen LogP contribution in [0.4, 0.5) is 5.69 Å². The highest BCUT2D eigenvalue weighted by Crippen LogP contribution is 2.31. The van der Waals surface area contributed by atoms with Crippen LogP contribution in [0.5, 0.6) is 5.75 Å². The standard InChI is InChI=1S/C22H28ClN3O4S/c1-15-5-7-18(8-6-15)31(28,29)26-11-9-25(10-12-26)17(3)22(27)24-20-13-16(2)19(23)14-21(20)30-4/h5-8,13-14,17H,9-12H2,1-4H3,(H,24,27). The minimum atomic E-state index is -3.54. The van der Waals surface area contributed by atoms with Crippen LogP contribution in [0.1, 0.15) is 18.1 Å². The van der Waals surface area contributed by atoms with Crippen LogP contribution in [0.15, 0.2) is 41.3 Å². The molecule has 2 aromatic carbocycles. The van der Waals surface area contributed by atoms with Gasteiger partial charge in [0.05, 0.1) is 23.7 Å². The first-order valence-corrected chi connectivity index (χ1v) is 11.9. The largest absolute Gasteiger partial charge is 0.495 e. The highest BCUT2D eigenvalue weighted by atomic mass is 35.5. The van der Waals surface area contributed by atoms with Gasteiger partial charge in [0.15, 0.2) is 0 Å². The number of methoxy groups -OCH3 is 1. The number of benzene rings is 2. The fraction of sp³-hybridized carbons (Fsp3) is 0.409. The van der Waals surface area contributed by atoms with Crippen LogP contribution in [0.3, 0.4) is 0 Å². The second kappa shape index (κ2) is 9.56. The summed E-state index contributed by atoms with van der Waals surface area (Å²) in [5, 5.41) is 3.47. The number of nitrogens with zero attached hydrogens (tertiary/aromatic N) is 2. The Balaban J connectivity index is 1.63. The van der Waals surface area contributed by atoms with Crippen molar-refractivity contribution in [1.29, 1.82) is 0 Å². The van der Waals surface area contributed by atoms with Crippen LogP contribution in [0.2, 0.25) is 5.02 Å². The van der Waals surface area contributed by atoms with Gasteiger partial charge in [-0.05, 0) is 44.5 Å². The zero-order valence-electron chi connectivity index (χ0n) is 18.2. The number of amides is 1. The van der Waals surface area contributed by atoms with E-state index in [9.17, 15) is 13.2 Å². The number of piperazine rings is 1. The van der Waals surface area contributed by atoms with Gasteiger partial charge in [0.25, 0.3) is 0 Å². The minimum absolute atomic E-state index is 0.185. The molecule has 2 aromatic rings. The Labute approximate surface area is 189 Å². The molecule has 1 atom stereocenters. The Kier molecular flexibility index (Phi) is 7.26. The summed E-state index contributed by atoms with van der Waals surface area (Å²) in [6, 6.07) is 9.88. The van der Waals surface area contributed by atoms with Crippen molar-refractivity contribution in [2.24, 2.45) is 0 Å². The molecule has 1 N–H and O–H groups in total. The molecule has 0 spiro atoms. The molecule has 1 unspecified atom stereocenters. The normalized spacial score (nSPS) is 16.7. The second-order valence-electron chi connectivity index (χ2n) is 7.72. The van der Waals surface area contributed by atoms with Gasteiger partial charge in [-0.3, -0.25) is 9.69 Å². The summed E-state index contributed by atoms with van der Waals surface area (Å²) in [6.45, 7) is 7.19. The Bertz CT molecular complexity index is 1050. The third-order valence-corrected chi connectivity index (χ3v) is 7.92. The molecule has 1 amide bonds. The Morgan fingerprint density at radius 3 is 2.29 bits per heavy atom. The molecule has 168 valence electrons. The first-order valence-electron chi connectivity index (χ1n) is 10.1. The Hall–Kier alpha value is -2.13. The van der Waals surface area contributed by atoms with E-state index < -0.39 is 16.1 Å². The quantitative estimate of drug-likeness (QED) is 0.708. The number of ether oxygens (including phenoxy) is 1. The van der Waals surface area contributed by atoms with E-state index in [0.717, 1.165) is 11.1 Å². The van der Waals surface area contributed by atoms with E-state index in [-0.39, 0.29) is 5.91 Å². The number of carbonyl (C=O) groups is 1. The summed E-state index contributed by atoms with van der Waals surface area (Å²) < 4.78 is 32.6. The van der Waals surface area contributed by atoms with Gasteiger partial charge in [0.2, 0.25) is 15.9 Å². The van der Waals surface area contributed by atoms with Crippen LogP contribution in [-0.2, 0) is 14.8 Å². The maximum atomic E-state index is 12.9. The number of hydrogen-bond donors (Lipinski definition) is 1. The maximum absolute atomic E-state index is 12.9. The van der Waals surface area contributed by atoms with Gasteiger partial charge in [-0.1, -0.05) is 29.3 Å². The van der Waals surface area contributed by atoms with E-state index in [1.54, 1.807) is 36.4 Å². The summed E-state index contributed by atoms with van der Waals surface area (Å²) in [5.74, 6) is 0.306. The van der Waals surface area contributed by atoms with Crippen molar-refractivity contribution in [3.05, 3.63) is 52.5 Å². The lowest BCUT2D eigenvalue weighted by Gasteiger charge is -2.36. The maximum Gasteiger partial charge on any atom is 0.243 e. The molecule has 3 rings (SSSR count). The van der Waals surface area contributed by atoms with Crippen molar-refractivity contribution >= 4 is 33.2 Å². The van der Waals surface area contributed by atoms with Crippen LogP contribution in [-0.4, -0.2) is 62.9 Å². The molecule has 1 saturated heterocycles. The molecular formula is C22H28ClN3O4S. The zero-order valence-corrected chi connectivity index (χ0v) is 19.8. The number of hydrogen-bond acceptors (Lipinski definition) is 5. The third kappa shape index (κ3) is 5.20. The number of nitrogens with one attached hydrogen (secondary N) is 1. The number of carbonyl (C=O) groups excluding carboxylic acids is 1. The zero-order chi connectivity index (χ0) is 22.8. The lowest BCUT2D eigenvalue weighted by molar-refractivity contribution is -0.121. The van der Waals surface area contributed by atoms with E-state index >= 15 is 0 Å². The Morgan fingerprint density at radius 2 is 1.71 bits per heavy atom. The topological polar surface area (TPSA) is 79.0 Å². The molecular weight excluding hydrogens is 438 g/mol. The molecule has 0 aromatic heterocycles. The highest BCUT2D eigenvalue weighted by Gasteiger charge is 2.32. The molecule has 0 bridgehead atoms. The molecule has 1 aliphatic heterocycles. The monoisotopic (exact) mass is 465 g/mol. The molecule has 1 heterocycles. The predicted octanol–water partition coefficient (Wildman–Crippen LogP) is 3.30. The first-order chi connectivity index (χ1) is 14.6. The molecule has 0 aliphatic carbocycles. The summed E-state index contributed by atoms with van der Waals surface area (Å²) in [5.41, 5.74) is 2.40. The average Bonchev–Trinajstić information content (AvgIpc) is 2.76. The number of rotatable bonds is 6. The molecule has 7 nitrogen and oxygen atoms in total. The molecule has 0 radical (unpaired) electrons. The summed E-state index contributed by atoms with van der Waals surface area (Å²) in [6.07, 6.45) is 0. The van der Waals surface area contributed by atoms with Gasteiger partial charge in [-0.25, -0.2) is 8.42 Å². The third-order valence-electron chi connectivity index (χ3n) is 5.60. The van der Waals surface area contributed by atoms with Crippen molar-refractivity contribution < 1.29 is 17.9 Å². The fourth-order valence-electron chi connectivity index (χ4n) is 3.52. The summed E-state index contributed by atoms with van der Waals surface area (Å²) in [4.78, 5) is 15.1. The molecule has 1 fully saturated rings. The molecule has 0 saturated carbocycles. The average molecular weight is 466 g/mol. The van der Waals surface area contributed by atoms with Gasteiger partial charge in [0.1, 0.15) is 5.75 Å². The van der Waals surface area contributed by atoms with Crippen molar-refractivity contribution in [2.45, 2.75) is 31.7 Å². The van der Waals surface area contributed by atoms with Crippen molar-refractivity contribution in [3.63, 3.8) is 0 Å². The van der Waals surface area contributed by atoms with Gasteiger partial charge in [-0.2, -0.15) is 4.31 Å². The Morgan fingerprint density at radius 1 is 1.10 bits per heavy atom. The summed E-state index contributed by atoms with van der Waals surface area (Å²) in [7, 11) is -2.02. The van der Waals surface area contributed by atoms with Crippen LogP contribution >= 0.6 is 11.6 Å². The highest BCUT2D eigenvalue weighted by molar-refractivity contribution is 7.89. The van der Waals surface area contributed by atoms with Gasteiger partial charge in [0, 0.05) is 37.3 Å². The van der Waals surface area contributed by atoms with Crippen LogP contribution in [0.25, 0.3) is 0 Å². The molecule has 1 aliphatic rings. The van der Waals surface area contributed by atoms with Gasteiger partial charge >= 0.3 is 0 Å². The van der Waals surface area contributed by atoms with E-state index in [4.69, 9.17) is 16.3 Å². The van der Waals surface area contributed by atoms with E-state index in [1.165, 1.54) is 11.4 Å². The van der Waals surface area contributed by atoms with E-state index in [0.29, 0.717) is 47.5 Å². The predicted molar refractivity (Wildman–Crippen MR) is 122 cm³/mol. The fourth-order valence-corrected chi connectivity index (χ4v) is 5.10. The smallest absolute Gasteiger partial charge is 0.243 e. The van der Waals surface area contributed by atoms with E-state index in [2.05, 4.69) is 5.32 Å².